The highest BCUT2D eigenvalue weighted by Gasteiger charge is 2.23. The molecule has 0 spiro atoms. The molecule has 1 amide bonds. The lowest BCUT2D eigenvalue weighted by Gasteiger charge is -2.30. The van der Waals surface area contributed by atoms with Crippen molar-refractivity contribution in [3.05, 3.63) is 0 Å². The Balaban J connectivity index is 2.29. The summed E-state index contributed by atoms with van der Waals surface area (Å²) < 4.78 is 0. The van der Waals surface area contributed by atoms with Gasteiger partial charge in [-0.1, -0.05) is 0 Å². The lowest BCUT2D eigenvalue weighted by atomic mass is 9.97. The molecule has 0 aliphatic carbocycles. The average Bonchev–Trinajstić information content (AvgIpc) is 2.15. The number of likely N-dealkylation sites (N-methyl/N-ethyl adjacent to an activating group) is 1. The summed E-state index contributed by atoms with van der Waals surface area (Å²) in [7, 11) is 1.94. The van der Waals surface area contributed by atoms with Gasteiger partial charge in [-0.25, -0.2) is 0 Å². The Morgan fingerprint density at radius 2 is 2.46 bits per heavy atom. The number of nitrogens with one attached hydrogen (secondary N) is 1. The van der Waals surface area contributed by atoms with Gasteiger partial charge in [0.05, 0.1) is 5.92 Å². The molecular formula is C9H19N3O. The van der Waals surface area contributed by atoms with Gasteiger partial charge in [-0.3, -0.25) is 4.79 Å². The summed E-state index contributed by atoms with van der Waals surface area (Å²) in [6.45, 7) is 3.94. The van der Waals surface area contributed by atoms with E-state index in [2.05, 4.69) is 10.2 Å². The summed E-state index contributed by atoms with van der Waals surface area (Å²) in [5.74, 6) is -0.0697. The van der Waals surface area contributed by atoms with Crippen molar-refractivity contribution < 1.29 is 4.79 Å². The number of nitrogens with two attached hydrogens (primary N) is 1. The Hall–Kier alpha value is -0.610. The van der Waals surface area contributed by atoms with Gasteiger partial charge >= 0.3 is 0 Å². The summed E-state index contributed by atoms with van der Waals surface area (Å²) in [6, 6.07) is 0. The number of rotatable bonds is 4. The molecule has 0 aromatic rings. The molecule has 0 bridgehead atoms. The Morgan fingerprint density at radius 1 is 1.69 bits per heavy atom. The second-order valence-electron chi connectivity index (χ2n) is 3.65. The SMILES string of the molecule is CNCCN1CCCC(C(N)=O)C1. The van der Waals surface area contributed by atoms with E-state index in [1.165, 1.54) is 0 Å². The van der Waals surface area contributed by atoms with Crippen LogP contribution in [0.1, 0.15) is 12.8 Å². The van der Waals surface area contributed by atoms with Crippen molar-refractivity contribution in [2.24, 2.45) is 11.7 Å². The number of hydrogen-bond donors (Lipinski definition) is 2. The number of piperidine rings is 1. The summed E-state index contributed by atoms with van der Waals surface area (Å²) >= 11 is 0. The molecular weight excluding hydrogens is 166 g/mol. The van der Waals surface area contributed by atoms with Crippen LogP contribution in [-0.4, -0.2) is 44.0 Å². The maximum atomic E-state index is 11.0. The first-order valence-electron chi connectivity index (χ1n) is 4.90. The summed E-state index contributed by atoms with van der Waals surface area (Å²) in [4.78, 5) is 13.3. The molecule has 3 N–H and O–H groups in total. The van der Waals surface area contributed by atoms with Crippen molar-refractivity contribution in [1.82, 2.24) is 10.2 Å². The number of amides is 1. The molecule has 1 heterocycles. The molecule has 4 nitrogen and oxygen atoms in total. The fraction of sp³-hybridized carbons (Fsp3) is 0.889. The molecule has 0 saturated carbocycles. The van der Waals surface area contributed by atoms with Crippen LogP contribution in [0.2, 0.25) is 0 Å². The van der Waals surface area contributed by atoms with E-state index < -0.39 is 0 Å². The van der Waals surface area contributed by atoms with Gasteiger partial charge in [0.2, 0.25) is 5.91 Å². The Bertz CT molecular complexity index is 172. The maximum absolute atomic E-state index is 11.0. The Labute approximate surface area is 79.5 Å². The van der Waals surface area contributed by atoms with Gasteiger partial charge in [-0.05, 0) is 26.4 Å². The predicted octanol–water partition coefficient (Wildman–Crippen LogP) is -0.597. The molecule has 1 unspecified atom stereocenters. The monoisotopic (exact) mass is 185 g/mol. The van der Waals surface area contributed by atoms with Crippen molar-refractivity contribution in [3.8, 4) is 0 Å². The molecule has 1 atom stereocenters. The number of hydrogen-bond acceptors (Lipinski definition) is 3. The van der Waals surface area contributed by atoms with E-state index in [4.69, 9.17) is 5.73 Å². The van der Waals surface area contributed by atoms with Gasteiger partial charge in [0.1, 0.15) is 0 Å². The molecule has 0 radical (unpaired) electrons. The summed E-state index contributed by atoms with van der Waals surface area (Å²) in [5.41, 5.74) is 5.28. The molecule has 1 rings (SSSR count). The quantitative estimate of drug-likeness (QED) is 0.615. The minimum atomic E-state index is -0.144. The minimum Gasteiger partial charge on any atom is -0.369 e. The fourth-order valence-corrected chi connectivity index (χ4v) is 1.76. The van der Waals surface area contributed by atoms with E-state index in [9.17, 15) is 4.79 Å². The molecule has 1 aliphatic heterocycles. The van der Waals surface area contributed by atoms with Gasteiger partial charge in [0.25, 0.3) is 0 Å². The maximum Gasteiger partial charge on any atom is 0.221 e. The predicted molar refractivity (Wildman–Crippen MR) is 52.3 cm³/mol. The average molecular weight is 185 g/mol. The lowest BCUT2D eigenvalue weighted by molar-refractivity contribution is -0.123. The zero-order valence-electron chi connectivity index (χ0n) is 8.25. The van der Waals surface area contributed by atoms with Gasteiger partial charge in [-0.2, -0.15) is 0 Å². The van der Waals surface area contributed by atoms with E-state index in [1.807, 2.05) is 7.05 Å². The lowest BCUT2D eigenvalue weighted by Crippen LogP contribution is -2.43. The van der Waals surface area contributed by atoms with Gasteiger partial charge in [0.15, 0.2) is 0 Å². The van der Waals surface area contributed by atoms with Gasteiger partial charge < -0.3 is 16.0 Å². The normalized spacial score (nSPS) is 24.5. The largest absolute Gasteiger partial charge is 0.369 e. The summed E-state index contributed by atoms with van der Waals surface area (Å²) in [5, 5.41) is 3.10. The molecule has 0 aromatic heterocycles. The van der Waals surface area contributed by atoms with Crippen LogP contribution in [0.4, 0.5) is 0 Å². The van der Waals surface area contributed by atoms with Crippen LogP contribution < -0.4 is 11.1 Å². The second kappa shape index (κ2) is 5.19. The van der Waals surface area contributed by atoms with Crippen LogP contribution in [0.25, 0.3) is 0 Å². The standard InChI is InChI=1S/C9H19N3O/c1-11-4-6-12-5-2-3-8(7-12)9(10)13/h8,11H,2-7H2,1H3,(H2,10,13). The highest BCUT2D eigenvalue weighted by molar-refractivity contribution is 5.76. The number of nitrogens with zero attached hydrogens (tertiary/aromatic N) is 1. The Morgan fingerprint density at radius 3 is 3.08 bits per heavy atom. The van der Waals surface area contributed by atoms with Crippen LogP contribution in [0, 0.1) is 5.92 Å². The van der Waals surface area contributed by atoms with Crippen LogP contribution >= 0.6 is 0 Å². The number of primary amides is 1. The molecule has 0 aromatic carbocycles. The third kappa shape index (κ3) is 3.32. The Kier molecular flexibility index (Phi) is 4.18. The highest BCUT2D eigenvalue weighted by atomic mass is 16.1. The zero-order valence-corrected chi connectivity index (χ0v) is 8.25. The van der Waals surface area contributed by atoms with Crippen LogP contribution in [0.15, 0.2) is 0 Å². The third-order valence-electron chi connectivity index (χ3n) is 2.59. The number of carbonyl (C=O) groups excluding carboxylic acids is 1. The van der Waals surface area contributed by atoms with Crippen molar-refractivity contribution in [3.63, 3.8) is 0 Å². The van der Waals surface area contributed by atoms with Crippen molar-refractivity contribution >= 4 is 5.91 Å². The van der Waals surface area contributed by atoms with E-state index in [-0.39, 0.29) is 11.8 Å². The highest BCUT2D eigenvalue weighted by Crippen LogP contribution is 2.15. The van der Waals surface area contributed by atoms with E-state index >= 15 is 0 Å². The summed E-state index contributed by atoms with van der Waals surface area (Å²) in [6.07, 6.45) is 2.06. The number of likely N-dealkylation sites (tertiary alicyclic amines) is 1. The minimum absolute atomic E-state index is 0.0746. The molecule has 1 fully saturated rings. The second-order valence-corrected chi connectivity index (χ2v) is 3.65. The van der Waals surface area contributed by atoms with Crippen LogP contribution in [0.5, 0.6) is 0 Å². The van der Waals surface area contributed by atoms with E-state index in [1.54, 1.807) is 0 Å². The molecule has 4 heteroatoms. The van der Waals surface area contributed by atoms with Crippen LogP contribution in [0.3, 0.4) is 0 Å². The van der Waals surface area contributed by atoms with Crippen molar-refractivity contribution in [2.45, 2.75) is 12.8 Å². The molecule has 1 aliphatic rings. The van der Waals surface area contributed by atoms with E-state index in [0.29, 0.717) is 0 Å². The third-order valence-corrected chi connectivity index (χ3v) is 2.59. The van der Waals surface area contributed by atoms with Crippen molar-refractivity contribution in [2.75, 3.05) is 33.2 Å². The van der Waals surface area contributed by atoms with Crippen molar-refractivity contribution in [1.29, 1.82) is 0 Å². The topological polar surface area (TPSA) is 58.4 Å². The smallest absolute Gasteiger partial charge is 0.221 e. The molecule has 76 valence electrons. The molecule has 13 heavy (non-hydrogen) atoms. The van der Waals surface area contributed by atoms with E-state index in [0.717, 1.165) is 39.0 Å². The van der Waals surface area contributed by atoms with Gasteiger partial charge in [0, 0.05) is 19.6 Å². The number of carbonyl (C=O) groups is 1. The first-order chi connectivity index (χ1) is 6.24. The molecule has 1 saturated heterocycles. The van der Waals surface area contributed by atoms with Gasteiger partial charge in [-0.15, -0.1) is 0 Å². The first kappa shape index (κ1) is 10.5. The fourth-order valence-electron chi connectivity index (χ4n) is 1.76. The zero-order chi connectivity index (χ0) is 9.68. The van der Waals surface area contributed by atoms with Crippen LogP contribution in [-0.2, 0) is 4.79 Å². The first-order valence-corrected chi connectivity index (χ1v) is 4.90.